The maximum absolute atomic E-state index is 12.7. The monoisotopic (exact) mass is 319 g/mol. The van der Waals surface area contributed by atoms with Crippen molar-refractivity contribution in [3.05, 3.63) is 24.0 Å². The number of ether oxygens (including phenoxy) is 2. The molecule has 1 aromatic heterocycles. The van der Waals surface area contributed by atoms with Gasteiger partial charge < -0.3 is 19.3 Å². The highest BCUT2D eigenvalue weighted by molar-refractivity contribution is 5.97. The van der Waals surface area contributed by atoms with Crippen LogP contribution in [0.3, 0.4) is 0 Å². The van der Waals surface area contributed by atoms with Gasteiger partial charge in [0.25, 0.3) is 5.91 Å². The van der Waals surface area contributed by atoms with Gasteiger partial charge in [0.15, 0.2) is 0 Å². The quantitative estimate of drug-likeness (QED) is 0.779. The van der Waals surface area contributed by atoms with Crippen molar-refractivity contribution < 1.29 is 19.1 Å². The van der Waals surface area contributed by atoms with E-state index in [4.69, 9.17) is 9.47 Å². The van der Waals surface area contributed by atoms with Gasteiger partial charge in [0.2, 0.25) is 5.91 Å². The van der Waals surface area contributed by atoms with Gasteiger partial charge >= 0.3 is 0 Å². The van der Waals surface area contributed by atoms with Crippen molar-refractivity contribution in [3.8, 4) is 5.75 Å². The molecule has 23 heavy (non-hydrogen) atoms. The highest BCUT2D eigenvalue weighted by Crippen LogP contribution is 2.33. The Labute approximate surface area is 135 Å². The lowest BCUT2D eigenvalue weighted by atomic mass is 10.0. The van der Waals surface area contributed by atoms with Gasteiger partial charge in [-0.1, -0.05) is 0 Å². The molecular weight excluding hydrogens is 298 g/mol. The first-order valence-corrected chi connectivity index (χ1v) is 7.70. The molecule has 2 atom stereocenters. The summed E-state index contributed by atoms with van der Waals surface area (Å²) in [4.78, 5) is 32.7. The first kappa shape index (κ1) is 15.7. The highest BCUT2D eigenvalue weighted by atomic mass is 16.5. The normalized spacial score (nSPS) is 23.3. The van der Waals surface area contributed by atoms with Crippen molar-refractivity contribution in [2.75, 3.05) is 47.0 Å². The minimum atomic E-state index is -0.102. The number of carbonyl (C=O) groups is 2. The van der Waals surface area contributed by atoms with Gasteiger partial charge in [-0.2, -0.15) is 0 Å². The van der Waals surface area contributed by atoms with Crippen molar-refractivity contribution >= 4 is 11.8 Å². The molecule has 0 radical (unpaired) electrons. The van der Waals surface area contributed by atoms with Crippen LogP contribution in [0.25, 0.3) is 0 Å². The Morgan fingerprint density at radius 1 is 1.35 bits per heavy atom. The van der Waals surface area contributed by atoms with Crippen LogP contribution in [0.5, 0.6) is 5.75 Å². The number of likely N-dealkylation sites (tertiary alicyclic amines) is 2. The fourth-order valence-electron chi connectivity index (χ4n) is 3.40. The topological polar surface area (TPSA) is 72.0 Å². The van der Waals surface area contributed by atoms with Crippen LogP contribution in [-0.4, -0.2) is 73.6 Å². The second kappa shape index (κ2) is 6.54. The van der Waals surface area contributed by atoms with E-state index in [1.165, 1.54) is 13.3 Å². The minimum Gasteiger partial charge on any atom is -0.494 e. The number of methoxy groups -OCH3 is 2. The molecule has 1 aromatic rings. The van der Waals surface area contributed by atoms with E-state index in [0.717, 1.165) is 0 Å². The summed E-state index contributed by atoms with van der Waals surface area (Å²) in [5.41, 5.74) is 0.492. The van der Waals surface area contributed by atoms with Crippen molar-refractivity contribution in [2.24, 2.45) is 11.8 Å². The molecule has 0 N–H and O–H groups in total. The van der Waals surface area contributed by atoms with Crippen LogP contribution in [0.1, 0.15) is 10.4 Å². The van der Waals surface area contributed by atoms with Crippen LogP contribution in [0.2, 0.25) is 0 Å². The Morgan fingerprint density at radius 2 is 2.17 bits per heavy atom. The second-order valence-electron chi connectivity index (χ2n) is 5.93. The summed E-state index contributed by atoms with van der Waals surface area (Å²) < 4.78 is 10.2. The van der Waals surface area contributed by atoms with Crippen molar-refractivity contribution in [1.29, 1.82) is 0 Å². The third-order valence-electron chi connectivity index (χ3n) is 4.61. The third-order valence-corrected chi connectivity index (χ3v) is 4.61. The SMILES string of the molecule is COCCN1C[C@@H]2CN(C(=O)c3ccncc3OC)C[C@@H]2C1=O. The van der Waals surface area contributed by atoms with Crippen molar-refractivity contribution in [1.82, 2.24) is 14.8 Å². The fourth-order valence-corrected chi connectivity index (χ4v) is 3.40. The molecule has 124 valence electrons. The summed E-state index contributed by atoms with van der Waals surface area (Å²) in [6.45, 7) is 2.93. The van der Waals surface area contributed by atoms with Gasteiger partial charge in [-0.25, -0.2) is 0 Å². The number of nitrogens with zero attached hydrogens (tertiary/aromatic N) is 3. The molecule has 0 unspecified atom stereocenters. The zero-order chi connectivity index (χ0) is 16.4. The number of rotatable bonds is 5. The molecule has 2 aliphatic heterocycles. The number of fused-ring (bicyclic) bond motifs is 1. The van der Waals surface area contributed by atoms with E-state index in [1.54, 1.807) is 24.3 Å². The second-order valence-corrected chi connectivity index (χ2v) is 5.93. The molecule has 2 aliphatic rings. The lowest BCUT2D eigenvalue weighted by Crippen LogP contribution is -2.37. The lowest BCUT2D eigenvalue weighted by molar-refractivity contribution is -0.131. The number of amides is 2. The number of hydrogen-bond donors (Lipinski definition) is 0. The Balaban J connectivity index is 1.68. The molecule has 2 saturated heterocycles. The molecular formula is C16H21N3O4. The van der Waals surface area contributed by atoms with Crippen LogP contribution >= 0.6 is 0 Å². The summed E-state index contributed by atoms with van der Waals surface area (Å²) in [5, 5.41) is 0. The fraction of sp³-hybridized carbons (Fsp3) is 0.562. The summed E-state index contributed by atoms with van der Waals surface area (Å²) >= 11 is 0. The van der Waals surface area contributed by atoms with Crippen molar-refractivity contribution in [3.63, 3.8) is 0 Å². The number of hydrogen-bond acceptors (Lipinski definition) is 5. The first-order valence-electron chi connectivity index (χ1n) is 7.70. The van der Waals surface area contributed by atoms with E-state index in [2.05, 4.69) is 4.98 Å². The summed E-state index contributed by atoms with van der Waals surface area (Å²) in [6, 6.07) is 1.65. The molecule has 0 aliphatic carbocycles. The zero-order valence-electron chi connectivity index (χ0n) is 13.4. The van der Waals surface area contributed by atoms with Crippen LogP contribution in [0.4, 0.5) is 0 Å². The maximum atomic E-state index is 12.7. The lowest BCUT2D eigenvalue weighted by Gasteiger charge is -2.22. The highest BCUT2D eigenvalue weighted by Gasteiger charge is 2.47. The summed E-state index contributed by atoms with van der Waals surface area (Å²) in [5.74, 6) is 0.598. The van der Waals surface area contributed by atoms with Gasteiger partial charge in [0.1, 0.15) is 5.75 Å². The molecule has 2 amide bonds. The molecule has 3 rings (SSSR count). The van der Waals surface area contributed by atoms with Gasteiger partial charge in [0.05, 0.1) is 31.4 Å². The first-order chi connectivity index (χ1) is 11.2. The van der Waals surface area contributed by atoms with E-state index in [-0.39, 0.29) is 23.7 Å². The molecule has 2 fully saturated rings. The third kappa shape index (κ3) is 2.88. The van der Waals surface area contributed by atoms with Crippen molar-refractivity contribution in [2.45, 2.75) is 0 Å². The molecule has 0 spiro atoms. The predicted octanol–water partition coefficient (Wildman–Crippen LogP) is 0.267. The molecule has 0 aromatic carbocycles. The van der Waals surface area contributed by atoms with Gasteiger partial charge in [-0.15, -0.1) is 0 Å². The Bertz CT molecular complexity index is 607. The molecule has 7 nitrogen and oxygen atoms in total. The molecule has 3 heterocycles. The van der Waals surface area contributed by atoms with Crippen LogP contribution in [-0.2, 0) is 9.53 Å². The smallest absolute Gasteiger partial charge is 0.257 e. The van der Waals surface area contributed by atoms with E-state index in [0.29, 0.717) is 44.1 Å². The van der Waals surface area contributed by atoms with Crippen LogP contribution in [0.15, 0.2) is 18.5 Å². The van der Waals surface area contributed by atoms with E-state index in [1.807, 2.05) is 4.90 Å². The van der Waals surface area contributed by atoms with E-state index in [9.17, 15) is 9.59 Å². The number of carbonyl (C=O) groups excluding carboxylic acids is 2. The summed E-state index contributed by atoms with van der Waals surface area (Å²) in [7, 11) is 3.15. The van der Waals surface area contributed by atoms with Gasteiger partial charge in [-0.05, 0) is 6.07 Å². The van der Waals surface area contributed by atoms with Gasteiger partial charge in [-0.3, -0.25) is 14.6 Å². The minimum absolute atomic E-state index is 0.0939. The zero-order valence-corrected chi connectivity index (χ0v) is 13.4. The maximum Gasteiger partial charge on any atom is 0.257 e. The standard InChI is InChI=1S/C16H21N3O4/c1-22-6-5-18-8-11-9-19(10-13(11)16(18)21)15(20)12-3-4-17-7-14(12)23-2/h3-4,7,11,13H,5-6,8-10H2,1-2H3/t11-,13+/m1/s1. The molecule has 7 heteroatoms. The summed E-state index contributed by atoms with van der Waals surface area (Å²) in [6.07, 6.45) is 3.10. The Morgan fingerprint density at radius 3 is 2.87 bits per heavy atom. The van der Waals surface area contributed by atoms with Crippen LogP contribution in [0, 0.1) is 11.8 Å². The largest absolute Gasteiger partial charge is 0.494 e. The average molecular weight is 319 g/mol. The average Bonchev–Trinajstić information content (AvgIpc) is 3.12. The molecule has 0 bridgehead atoms. The Hall–Kier alpha value is -2.15. The Kier molecular flexibility index (Phi) is 4.47. The molecule has 0 saturated carbocycles. The van der Waals surface area contributed by atoms with E-state index < -0.39 is 0 Å². The predicted molar refractivity (Wildman–Crippen MR) is 82.1 cm³/mol. The van der Waals surface area contributed by atoms with Gasteiger partial charge in [0, 0.05) is 45.4 Å². The number of pyridine rings is 1. The van der Waals surface area contributed by atoms with Crippen LogP contribution < -0.4 is 4.74 Å². The van der Waals surface area contributed by atoms with E-state index >= 15 is 0 Å². The number of aromatic nitrogens is 1.